The molecule has 172 valence electrons. The van der Waals surface area contributed by atoms with Crippen LogP contribution in [0.4, 0.5) is 0 Å². The number of carbonyl (C=O) groups is 1. The van der Waals surface area contributed by atoms with Gasteiger partial charge in [-0.05, 0) is 36.5 Å². The minimum Gasteiger partial charge on any atom is -0.481 e. The van der Waals surface area contributed by atoms with Crippen LogP contribution in [-0.2, 0) is 21.2 Å². The predicted octanol–water partition coefficient (Wildman–Crippen LogP) is 3.89. The van der Waals surface area contributed by atoms with Gasteiger partial charge in [-0.1, -0.05) is 51.6 Å². The molecule has 0 saturated heterocycles. The summed E-state index contributed by atoms with van der Waals surface area (Å²) >= 11 is 0. The standard InChI is InChI=1S/C21H37N3O5S/c1-20(2,3)21(11-6-5-7-12-21)13-8-9-16(15-18(25)26)19-23-17(24-29-19)10-14-22-30(4,27)28/h16,22H,5-15H2,1-4H3,(H,25,26). The van der Waals surface area contributed by atoms with Crippen molar-refractivity contribution in [1.82, 2.24) is 14.9 Å². The molecule has 0 aliphatic heterocycles. The lowest BCUT2D eigenvalue weighted by atomic mass is 9.57. The number of carboxylic acids is 1. The third-order valence-electron chi connectivity index (χ3n) is 6.58. The van der Waals surface area contributed by atoms with E-state index in [0.717, 1.165) is 19.1 Å². The van der Waals surface area contributed by atoms with Crippen molar-refractivity contribution in [1.29, 1.82) is 0 Å². The van der Waals surface area contributed by atoms with Crippen LogP contribution in [0.3, 0.4) is 0 Å². The van der Waals surface area contributed by atoms with Gasteiger partial charge in [0.2, 0.25) is 15.9 Å². The molecular formula is C21H37N3O5S. The van der Waals surface area contributed by atoms with Gasteiger partial charge in [-0.2, -0.15) is 4.98 Å². The van der Waals surface area contributed by atoms with Gasteiger partial charge in [0.25, 0.3) is 0 Å². The van der Waals surface area contributed by atoms with Crippen molar-refractivity contribution in [3.63, 3.8) is 0 Å². The van der Waals surface area contributed by atoms with Crippen molar-refractivity contribution in [2.75, 3.05) is 12.8 Å². The summed E-state index contributed by atoms with van der Waals surface area (Å²) in [5.41, 5.74) is 0.524. The first-order valence-electron chi connectivity index (χ1n) is 10.9. The normalized spacial score (nSPS) is 18.3. The van der Waals surface area contributed by atoms with Crippen molar-refractivity contribution in [2.45, 2.75) is 90.9 Å². The number of aliphatic carboxylic acids is 1. The van der Waals surface area contributed by atoms with Crippen molar-refractivity contribution in [3.8, 4) is 0 Å². The molecule has 2 N–H and O–H groups in total. The number of nitrogens with one attached hydrogen (secondary N) is 1. The van der Waals surface area contributed by atoms with Gasteiger partial charge in [-0.25, -0.2) is 13.1 Å². The molecule has 1 heterocycles. The Balaban J connectivity index is 2.00. The van der Waals surface area contributed by atoms with Gasteiger partial charge in [0.15, 0.2) is 5.82 Å². The summed E-state index contributed by atoms with van der Waals surface area (Å²) in [6.07, 6.45) is 10.3. The fraction of sp³-hybridized carbons (Fsp3) is 0.857. The van der Waals surface area contributed by atoms with Crippen LogP contribution in [0.15, 0.2) is 4.52 Å². The second-order valence-electron chi connectivity index (χ2n) is 9.74. The number of rotatable bonds is 11. The van der Waals surface area contributed by atoms with Crippen LogP contribution in [0, 0.1) is 10.8 Å². The smallest absolute Gasteiger partial charge is 0.304 e. The molecule has 0 radical (unpaired) electrons. The van der Waals surface area contributed by atoms with Crippen LogP contribution in [-0.4, -0.2) is 42.4 Å². The Labute approximate surface area is 180 Å². The third kappa shape index (κ3) is 7.34. The number of nitrogens with zero attached hydrogens (tertiary/aromatic N) is 2. The molecule has 1 aliphatic carbocycles. The SMILES string of the molecule is CC(C)(C)C1(CCCC(CC(=O)O)c2nc(CCNS(C)(=O)=O)no2)CCCCC1. The zero-order valence-electron chi connectivity index (χ0n) is 18.7. The first-order valence-corrected chi connectivity index (χ1v) is 12.8. The van der Waals surface area contributed by atoms with Crippen LogP contribution in [0.5, 0.6) is 0 Å². The average molecular weight is 444 g/mol. The molecule has 1 saturated carbocycles. The van der Waals surface area contributed by atoms with Gasteiger partial charge < -0.3 is 9.63 Å². The molecular weight excluding hydrogens is 406 g/mol. The van der Waals surface area contributed by atoms with Gasteiger partial charge in [0.05, 0.1) is 12.7 Å². The van der Waals surface area contributed by atoms with E-state index in [0.29, 0.717) is 30.0 Å². The van der Waals surface area contributed by atoms with Crippen molar-refractivity contribution < 1.29 is 22.8 Å². The molecule has 1 fully saturated rings. The highest BCUT2D eigenvalue weighted by Crippen LogP contribution is 2.53. The lowest BCUT2D eigenvalue weighted by molar-refractivity contribution is -0.137. The number of aromatic nitrogens is 2. The maximum atomic E-state index is 11.4. The van der Waals surface area contributed by atoms with E-state index < -0.39 is 16.0 Å². The molecule has 9 heteroatoms. The van der Waals surface area contributed by atoms with E-state index in [9.17, 15) is 18.3 Å². The third-order valence-corrected chi connectivity index (χ3v) is 7.30. The molecule has 1 aromatic heterocycles. The fourth-order valence-corrected chi connectivity index (χ4v) is 5.17. The largest absolute Gasteiger partial charge is 0.481 e. The second-order valence-corrected chi connectivity index (χ2v) is 11.6. The van der Waals surface area contributed by atoms with E-state index in [1.807, 2.05) is 0 Å². The highest BCUT2D eigenvalue weighted by Gasteiger charge is 2.41. The molecule has 1 unspecified atom stereocenters. The minimum atomic E-state index is -3.27. The molecule has 0 amide bonds. The van der Waals surface area contributed by atoms with E-state index in [4.69, 9.17) is 4.52 Å². The molecule has 1 aromatic rings. The summed E-state index contributed by atoms with van der Waals surface area (Å²) in [5, 5.41) is 13.2. The number of hydrogen-bond donors (Lipinski definition) is 2. The molecule has 0 bridgehead atoms. The lowest BCUT2D eigenvalue weighted by Gasteiger charge is -2.48. The molecule has 8 nitrogen and oxygen atoms in total. The zero-order valence-corrected chi connectivity index (χ0v) is 19.6. The quantitative estimate of drug-likeness (QED) is 0.532. The Kier molecular flexibility index (Phi) is 8.44. The molecule has 0 aromatic carbocycles. The van der Waals surface area contributed by atoms with Crippen molar-refractivity contribution in [3.05, 3.63) is 11.7 Å². The topological polar surface area (TPSA) is 122 Å². The van der Waals surface area contributed by atoms with Crippen molar-refractivity contribution >= 4 is 16.0 Å². The van der Waals surface area contributed by atoms with E-state index in [1.165, 1.54) is 32.1 Å². The lowest BCUT2D eigenvalue weighted by Crippen LogP contribution is -2.37. The molecule has 30 heavy (non-hydrogen) atoms. The van der Waals surface area contributed by atoms with Crippen LogP contribution in [0.25, 0.3) is 0 Å². The number of carboxylic acid groups (broad SMARTS) is 1. The minimum absolute atomic E-state index is 0.0499. The summed E-state index contributed by atoms with van der Waals surface area (Å²) in [6, 6.07) is 0. The van der Waals surface area contributed by atoms with E-state index in [1.54, 1.807) is 0 Å². The Bertz CT molecular complexity index is 792. The van der Waals surface area contributed by atoms with Gasteiger partial charge in [0, 0.05) is 18.9 Å². The summed E-state index contributed by atoms with van der Waals surface area (Å²) in [4.78, 5) is 15.7. The maximum absolute atomic E-state index is 11.4. The predicted molar refractivity (Wildman–Crippen MR) is 115 cm³/mol. The van der Waals surface area contributed by atoms with Crippen LogP contribution < -0.4 is 4.72 Å². The molecule has 1 atom stereocenters. The number of sulfonamides is 1. The van der Waals surface area contributed by atoms with Crippen LogP contribution in [0.1, 0.15) is 96.2 Å². The summed E-state index contributed by atoms with van der Waals surface area (Å²) < 4.78 is 30.1. The Morgan fingerprint density at radius 3 is 2.50 bits per heavy atom. The summed E-state index contributed by atoms with van der Waals surface area (Å²) in [7, 11) is -3.27. The van der Waals surface area contributed by atoms with Gasteiger partial charge >= 0.3 is 5.97 Å². The van der Waals surface area contributed by atoms with Crippen molar-refractivity contribution in [2.24, 2.45) is 10.8 Å². The monoisotopic (exact) mass is 443 g/mol. The van der Waals surface area contributed by atoms with Gasteiger partial charge in [-0.3, -0.25) is 4.79 Å². The van der Waals surface area contributed by atoms with E-state index in [-0.39, 0.29) is 24.3 Å². The maximum Gasteiger partial charge on any atom is 0.304 e. The Morgan fingerprint density at radius 2 is 1.93 bits per heavy atom. The highest BCUT2D eigenvalue weighted by molar-refractivity contribution is 7.88. The van der Waals surface area contributed by atoms with E-state index in [2.05, 4.69) is 35.6 Å². The summed E-state index contributed by atoms with van der Waals surface area (Å²) in [6.45, 7) is 7.14. The highest BCUT2D eigenvalue weighted by atomic mass is 32.2. The van der Waals surface area contributed by atoms with Crippen LogP contribution >= 0.6 is 0 Å². The molecule has 0 spiro atoms. The van der Waals surface area contributed by atoms with E-state index >= 15 is 0 Å². The average Bonchev–Trinajstić information content (AvgIpc) is 3.08. The summed E-state index contributed by atoms with van der Waals surface area (Å²) in [5.74, 6) is -0.496. The van der Waals surface area contributed by atoms with Gasteiger partial charge in [-0.15, -0.1) is 0 Å². The molecule has 1 aliphatic rings. The number of hydrogen-bond acceptors (Lipinski definition) is 6. The molecule has 2 rings (SSSR count). The first-order chi connectivity index (χ1) is 13.9. The second kappa shape index (κ2) is 10.2. The van der Waals surface area contributed by atoms with Crippen LogP contribution in [0.2, 0.25) is 0 Å². The Hall–Kier alpha value is -1.48. The zero-order chi connectivity index (χ0) is 22.4. The Morgan fingerprint density at radius 1 is 1.27 bits per heavy atom. The fourth-order valence-electron chi connectivity index (χ4n) is 4.70. The first kappa shape index (κ1) is 24.8. The van der Waals surface area contributed by atoms with Gasteiger partial charge in [0.1, 0.15) is 0 Å².